The Labute approximate surface area is 78.5 Å². The first-order valence-corrected chi connectivity index (χ1v) is 4.73. The van der Waals surface area contributed by atoms with Gasteiger partial charge in [0.05, 0.1) is 0 Å². The molecule has 0 fully saturated rings. The van der Waals surface area contributed by atoms with Gasteiger partial charge in [-0.15, -0.1) is 0 Å². The fourth-order valence-electron chi connectivity index (χ4n) is 1.59. The second-order valence-corrected chi connectivity index (χ2v) is 4.63. The summed E-state index contributed by atoms with van der Waals surface area (Å²) in [5.41, 5.74) is -0.0139. The van der Waals surface area contributed by atoms with Crippen LogP contribution in [-0.2, 0) is 0 Å². The zero-order valence-electron chi connectivity index (χ0n) is 8.83. The van der Waals surface area contributed by atoms with Crippen LogP contribution in [0.4, 0.5) is 13.2 Å². The van der Waals surface area contributed by atoms with Crippen LogP contribution in [0.5, 0.6) is 0 Å². The van der Waals surface area contributed by atoms with Gasteiger partial charge in [-0.05, 0) is 17.8 Å². The van der Waals surface area contributed by atoms with Crippen molar-refractivity contribution < 1.29 is 13.2 Å². The Kier molecular flexibility index (Phi) is 4.27. The maximum absolute atomic E-state index is 11.9. The van der Waals surface area contributed by atoms with E-state index in [1.165, 1.54) is 0 Å². The molecule has 0 aromatic carbocycles. The van der Waals surface area contributed by atoms with E-state index in [-0.39, 0.29) is 17.8 Å². The second-order valence-electron chi connectivity index (χ2n) is 4.63. The number of halogens is 3. The average molecular weight is 196 g/mol. The standard InChI is InChI=1S/C10H19F3/c1-5-8(9(2,3)4)6-7-10(11,12)13/h8H,5-7H2,1-4H3. The Morgan fingerprint density at radius 2 is 1.54 bits per heavy atom. The van der Waals surface area contributed by atoms with Crippen molar-refractivity contribution in [2.24, 2.45) is 11.3 Å². The molecular weight excluding hydrogens is 177 g/mol. The maximum Gasteiger partial charge on any atom is 0.389 e. The lowest BCUT2D eigenvalue weighted by molar-refractivity contribution is -0.139. The minimum absolute atomic E-state index is 0.0139. The molecule has 80 valence electrons. The third kappa shape index (κ3) is 5.94. The Balaban J connectivity index is 4.02. The van der Waals surface area contributed by atoms with Crippen molar-refractivity contribution in [2.45, 2.75) is 53.1 Å². The van der Waals surface area contributed by atoms with Crippen LogP contribution >= 0.6 is 0 Å². The van der Waals surface area contributed by atoms with Gasteiger partial charge in [0, 0.05) is 6.42 Å². The molecule has 0 amide bonds. The summed E-state index contributed by atoms with van der Waals surface area (Å²) in [5.74, 6) is 0.161. The first kappa shape index (κ1) is 12.8. The van der Waals surface area contributed by atoms with Crippen LogP contribution in [0.3, 0.4) is 0 Å². The fraction of sp³-hybridized carbons (Fsp3) is 1.00. The number of hydrogen-bond acceptors (Lipinski definition) is 0. The van der Waals surface area contributed by atoms with Gasteiger partial charge in [-0.25, -0.2) is 0 Å². The number of alkyl halides is 3. The molecule has 3 heteroatoms. The van der Waals surface area contributed by atoms with Gasteiger partial charge in [-0.3, -0.25) is 0 Å². The van der Waals surface area contributed by atoms with Gasteiger partial charge in [0.1, 0.15) is 0 Å². The SMILES string of the molecule is CCC(CCC(F)(F)F)C(C)(C)C. The van der Waals surface area contributed by atoms with Crippen molar-refractivity contribution in [1.82, 2.24) is 0 Å². The molecule has 0 aliphatic carbocycles. The van der Waals surface area contributed by atoms with Crippen molar-refractivity contribution in [3.05, 3.63) is 0 Å². The van der Waals surface area contributed by atoms with Crippen LogP contribution in [-0.4, -0.2) is 6.18 Å². The van der Waals surface area contributed by atoms with Gasteiger partial charge in [0.25, 0.3) is 0 Å². The van der Waals surface area contributed by atoms with Crippen LogP contribution < -0.4 is 0 Å². The van der Waals surface area contributed by atoms with Gasteiger partial charge in [-0.2, -0.15) is 13.2 Å². The normalized spacial score (nSPS) is 15.9. The largest absolute Gasteiger partial charge is 0.389 e. The summed E-state index contributed by atoms with van der Waals surface area (Å²) in [4.78, 5) is 0. The van der Waals surface area contributed by atoms with E-state index in [9.17, 15) is 13.2 Å². The monoisotopic (exact) mass is 196 g/mol. The van der Waals surface area contributed by atoms with Crippen LogP contribution in [0.25, 0.3) is 0 Å². The first-order chi connectivity index (χ1) is 5.67. The summed E-state index contributed by atoms with van der Waals surface area (Å²) in [7, 11) is 0. The molecule has 0 radical (unpaired) electrons. The molecule has 0 N–H and O–H groups in total. The quantitative estimate of drug-likeness (QED) is 0.627. The molecule has 0 saturated heterocycles. The minimum atomic E-state index is -4.00. The molecule has 1 atom stereocenters. The molecule has 0 aliphatic heterocycles. The summed E-state index contributed by atoms with van der Waals surface area (Å²) >= 11 is 0. The molecule has 0 rings (SSSR count). The molecule has 0 aromatic heterocycles. The topological polar surface area (TPSA) is 0 Å². The summed E-state index contributed by atoms with van der Waals surface area (Å²) in [5, 5.41) is 0. The molecule has 0 aromatic rings. The summed E-state index contributed by atoms with van der Waals surface area (Å²) in [6.07, 6.45) is -3.58. The number of hydrogen-bond donors (Lipinski definition) is 0. The van der Waals surface area contributed by atoms with E-state index < -0.39 is 12.6 Å². The van der Waals surface area contributed by atoms with Crippen LogP contribution in [0.1, 0.15) is 47.0 Å². The Bertz CT molecular complexity index is 141. The van der Waals surface area contributed by atoms with Gasteiger partial charge >= 0.3 is 6.18 Å². The van der Waals surface area contributed by atoms with Crippen molar-refractivity contribution in [3.63, 3.8) is 0 Å². The van der Waals surface area contributed by atoms with Crippen LogP contribution in [0, 0.1) is 11.3 Å². The van der Waals surface area contributed by atoms with Gasteiger partial charge in [-0.1, -0.05) is 34.1 Å². The molecule has 0 bridgehead atoms. The predicted octanol–water partition coefficient (Wildman–Crippen LogP) is 4.40. The molecular formula is C10H19F3. The minimum Gasteiger partial charge on any atom is -0.171 e. The van der Waals surface area contributed by atoms with Gasteiger partial charge in [0.15, 0.2) is 0 Å². The molecule has 0 heterocycles. The molecule has 0 nitrogen and oxygen atoms in total. The predicted molar refractivity (Wildman–Crippen MR) is 48.5 cm³/mol. The van der Waals surface area contributed by atoms with Gasteiger partial charge in [0.2, 0.25) is 0 Å². The molecule has 13 heavy (non-hydrogen) atoms. The van der Waals surface area contributed by atoms with E-state index in [0.29, 0.717) is 0 Å². The van der Waals surface area contributed by atoms with E-state index >= 15 is 0 Å². The van der Waals surface area contributed by atoms with Crippen molar-refractivity contribution in [1.29, 1.82) is 0 Å². The smallest absolute Gasteiger partial charge is 0.171 e. The summed E-state index contributed by atoms with van der Waals surface area (Å²) < 4.78 is 35.8. The Morgan fingerprint density at radius 3 is 1.77 bits per heavy atom. The highest BCUT2D eigenvalue weighted by atomic mass is 19.4. The van der Waals surface area contributed by atoms with Crippen LogP contribution in [0.15, 0.2) is 0 Å². The van der Waals surface area contributed by atoms with E-state index in [1.807, 2.05) is 27.7 Å². The maximum atomic E-state index is 11.9. The van der Waals surface area contributed by atoms with Crippen molar-refractivity contribution >= 4 is 0 Å². The molecule has 1 unspecified atom stereocenters. The van der Waals surface area contributed by atoms with E-state index in [2.05, 4.69) is 0 Å². The summed E-state index contributed by atoms with van der Waals surface area (Å²) in [6.45, 7) is 7.94. The second kappa shape index (κ2) is 4.34. The van der Waals surface area contributed by atoms with E-state index in [1.54, 1.807) is 0 Å². The zero-order chi connectivity index (χ0) is 10.7. The van der Waals surface area contributed by atoms with Crippen LogP contribution in [0.2, 0.25) is 0 Å². The van der Waals surface area contributed by atoms with Gasteiger partial charge < -0.3 is 0 Å². The first-order valence-electron chi connectivity index (χ1n) is 4.73. The highest BCUT2D eigenvalue weighted by molar-refractivity contribution is 4.73. The Hall–Kier alpha value is -0.210. The van der Waals surface area contributed by atoms with E-state index in [0.717, 1.165) is 6.42 Å². The summed E-state index contributed by atoms with van der Waals surface area (Å²) in [6, 6.07) is 0. The third-order valence-electron chi connectivity index (χ3n) is 2.49. The fourth-order valence-corrected chi connectivity index (χ4v) is 1.59. The third-order valence-corrected chi connectivity index (χ3v) is 2.49. The van der Waals surface area contributed by atoms with E-state index in [4.69, 9.17) is 0 Å². The molecule has 0 spiro atoms. The zero-order valence-corrected chi connectivity index (χ0v) is 8.83. The molecule has 0 aliphatic rings. The Morgan fingerprint density at radius 1 is 1.08 bits per heavy atom. The lowest BCUT2D eigenvalue weighted by Gasteiger charge is -2.30. The number of rotatable bonds is 3. The highest BCUT2D eigenvalue weighted by Gasteiger charge is 2.31. The highest BCUT2D eigenvalue weighted by Crippen LogP contribution is 2.35. The van der Waals surface area contributed by atoms with Crippen molar-refractivity contribution in [2.75, 3.05) is 0 Å². The van der Waals surface area contributed by atoms with Crippen molar-refractivity contribution in [3.8, 4) is 0 Å². The lowest BCUT2D eigenvalue weighted by atomic mass is 9.76. The average Bonchev–Trinajstić information content (AvgIpc) is 1.82. The molecule has 0 saturated carbocycles. The lowest BCUT2D eigenvalue weighted by Crippen LogP contribution is -2.22.